The predicted molar refractivity (Wildman–Crippen MR) is 80.2 cm³/mol. The van der Waals surface area contributed by atoms with Crippen LogP contribution in [0.3, 0.4) is 0 Å². The van der Waals surface area contributed by atoms with Gasteiger partial charge in [-0.3, -0.25) is 9.59 Å². The van der Waals surface area contributed by atoms with Crippen molar-refractivity contribution in [3.05, 3.63) is 64.1 Å². The summed E-state index contributed by atoms with van der Waals surface area (Å²) in [6, 6.07) is 10.6. The van der Waals surface area contributed by atoms with Crippen LogP contribution < -0.4 is 5.56 Å². The van der Waals surface area contributed by atoms with E-state index in [9.17, 15) is 14.7 Å². The number of nitrogens with one attached hydrogen (secondary N) is 1. The molecule has 0 aliphatic rings. The summed E-state index contributed by atoms with van der Waals surface area (Å²) < 4.78 is 0. The topological polar surface area (TPSA) is 73.4 Å². The molecule has 5 nitrogen and oxygen atoms in total. The molecule has 0 fully saturated rings. The maximum absolute atomic E-state index is 12.6. The third kappa shape index (κ3) is 3.51. The molecule has 21 heavy (non-hydrogen) atoms. The molecule has 1 aromatic carbocycles. The summed E-state index contributed by atoms with van der Waals surface area (Å²) in [6.45, 7) is 4.25. The molecule has 0 radical (unpaired) electrons. The van der Waals surface area contributed by atoms with Crippen LogP contribution in [-0.4, -0.2) is 26.9 Å². The lowest BCUT2D eigenvalue weighted by atomic mass is 10.1. The van der Waals surface area contributed by atoms with Crippen LogP contribution in [0.4, 0.5) is 0 Å². The van der Waals surface area contributed by atoms with E-state index < -0.39 is 5.56 Å². The van der Waals surface area contributed by atoms with E-state index in [0.717, 1.165) is 11.6 Å². The summed E-state index contributed by atoms with van der Waals surface area (Å²) in [6.07, 6.45) is 1.25. The van der Waals surface area contributed by atoms with Crippen LogP contribution in [0, 0.1) is 0 Å². The minimum Gasteiger partial charge on any atom is -0.507 e. The quantitative estimate of drug-likeness (QED) is 0.904. The Labute approximate surface area is 122 Å². The second-order valence-electron chi connectivity index (χ2n) is 5.11. The number of pyridine rings is 1. The van der Waals surface area contributed by atoms with E-state index in [1.807, 2.05) is 44.2 Å². The number of aromatic hydroxyl groups is 1. The normalized spacial score (nSPS) is 10.6. The third-order valence-electron chi connectivity index (χ3n) is 3.21. The van der Waals surface area contributed by atoms with Crippen molar-refractivity contribution in [1.82, 2.24) is 9.88 Å². The Morgan fingerprint density at radius 1 is 1.29 bits per heavy atom. The lowest BCUT2D eigenvalue weighted by molar-refractivity contribution is 0.0687. The first-order valence-electron chi connectivity index (χ1n) is 6.75. The van der Waals surface area contributed by atoms with Gasteiger partial charge in [0.25, 0.3) is 11.5 Å². The molecule has 5 heteroatoms. The third-order valence-corrected chi connectivity index (χ3v) is 3.21. The Balaban J connectivity index is 2.29. The maximum atomic E-state index is 12.6. The minimum absolute atomic E-state index is 0.0379. The molecule has 0 spiro atoms. The Kier molecular flexibility index (Phi) is 4.42. The van der Waals surface area contributed by atoms with Crippen LogP contribution in [0.2, 0.25) is 0 Å². The van der Waals surface area contributed by atoms with Crippen molar-refractivity contribution in [2.45, 2.75) is 26.4 Å². The van der Waals surface area contributed by atoms with E-state index in [2.05, 4.69) is 4.98 Å². The molecular weight excluding hydrogens is 268 g/mol. The number of hydrogen-bond acceptors (Lipinski definition) is 3. The van der Waals surface area contributed by atoms with Gasteiger partial charge in [0.15, 0.2) is 0 Å². The van der Waals surface area contributed by atoms with Crippen molar-refractivity contribution in [3.63, 3.8) is 0 Å². The summed E-state index contributed by atoms with van der Waals surface area (Å²) in [5, 5.41) is 9.79. The number of hydrogen-bond donors (Lipinski definition) is 2. The fraction of sp³-hybridized carbons (Fsp3) is 0.250. The number of carbonyl (C=O) groups excluding carboxylic acids is 1. The molecule has 0 saturated carbocycles. The second-order valence-corrected chi connectivity index (χ2v) is 5.11. The van der Waals surface area contributed by atoms with Crippen LogP contribution in [-0.2, 0) is 6.54 Å². The van der Waals surface area contributed by atoms with Gasteiger partial charge in [0.05, 0.1) is 5.56 Å². The molecule has 0 saturated heterocycles. The first-order chi connectivity index (χ1) is 9.99. The molecule has 110 valence electrons. The number of carbonyl (C=O) groups is 1. The number of rotatable bonds is 4. The average molecular weight is 286 g/mol. The number of nitrogens with zero attached hydrogens (tertiary/aromatic N) is 1. The lowest BCUT2D eigenvalue weighted by Crippen LogP contribution is -2.36. The molecule has 0 bridgehead atoms. The van der Waals surface area contributed by atoms with Crippen LogP contribution in [0.15, 0.2) is 47.4 Å². The monoisotopic (exact) mass is 286 g/mol. The van der Waals surface area contributed by atoms with Gasteiger partial charge in [-0.05, 0) is 19.4 Å². The van der Waals surface area contributed by atoms with Gasteiger partial charge in [0, 0.05) is 24.8 Å². The zero-order valence-corrected chi connectivity index (χ0v) is 12.0. The fourth-order valence-electron chi connectivity index (χ4n) is 2.06. The van der Waals surface area contributed by atoms with E-state index in [1.165, 1.54) is 6.20 Å². The average Bonchev–Trinajstić information content (AvgIpc) is 2.45. The van der Waals surface area contributed by atoms with Gasteiger partial charge in [0.1, 0.15) is 5.75 Å². The van der Waals surface area contributed by atoms with Crippen molar-refractivity contribution in [2.24, 2.45) is 0 Å². The second kappa shape index (κ2) is 6.26. The molecule has 1 aromatic heterocycles. The van der Waals surface area contributed by atoms with E-state index in [4.69, 9.17) is 0 Å². The van der Waals surface area contributed by atoms with Crippen LogP contribution in [0.1, 0.15) is 29.8 Å². The van der Waals surface area contributed by atoms with Gasteiger partial charge in [-0.15, -0.1) is 0 Å². The van der Waals surface area contributed by atoms with Gasteiger partial charge in [-0.1, -0.05) is 30.3 Å². The van der Waals surface area contributed by atoms with Crippen LogP contribution in [0.25, 0.3) is 0 Å². The maximum Gasteiger partial charge on any atom is 0.259 e. The standard InChI is InChI=1S/C16H18N2O3/c1-11(2)18(10-12-6-4-3-5-7-12)16(21)13-9-17-15(20)8-14(13)19/h3-9,11H,10H2,1-2H3,(H2,17,19,20). The largest absolute Gasteiger partial charge is 0.507 e. The molecule has 1 heterocycles. The highest BCUT2D eigenvalue weighted by Crippen LogP contribution is 2.18. The number of H-pyrrole nitrogens is 1. The van der Waals surface area contributed by atoms with E-state index in [0.29, 0.717) is 6.54 Å². The van der Waals surface area contributed by atoms with Crippen LogP contribution >= 0.6 is 0 Å². The summed E-state index contributed by atoms with van der Waals surface area (Å²) in [5.74, 6) is -0.620. The number of amides is 1. The van der Waals surface area contributed by atoms with E-state index in [-0.39, 0.29) is 23.3 Å². The fourth-order valence-corrected chi connectivity index (χ4v) is 2.06. The molecule has 2 aromatic rings. The smallest absolute Gasteiger partial charge is 0.259 e. The van der Waals surface area contributed by atoms with Crippen molar-refractivity contribution in [2.75, 3.05) is 0 Å². The highest BCUT2D eigenvalue weighted by Gasteiger charge is 2.22. The van der Waals surface area contributed by atoms with Gasteiger partial charge in [0.2, 0.25) is 0 Å². The predicted octanol–water partition coefficient (Wildman–Crippen LogP) is 2.13. The highest BCUT2D eigenvalue weighted by molar-refractivity contribution is 5.96. The molecule has 0 aliphatic carbocycles. The molecule has 2 rings (SSSR count). The zero-order valence-electron chi connectivity index (χ0n) is 12.0. The number of aromatic amines is 1. The van der Waals surface area contributed by atoms with Crippen molar-refractivity contribution >= 4 is 5.91 Å². The molecular formula is C16H18N2O3. The molecule has 2 N–H and O–H groups in total. The van der Waals surface area contributed by atoms with Crippen LogP contribution in [0.5, 0.6) is 5.75 Å². The number of aromatic nitrogens is 1. The summed E-state index contributed by atoms with van der Waals surface area (Å²) in [4.78, 5) is 27.7. The Morgan fingerprint density at radius 3 is 2.52 bits per heavy atom. The Morgan fingerprint density at radius 2 is 1.95 bits per heavy atom. The van der Waals surface area contributed by atoms with E-state index >= 15 is 0 Å². The van der Waals surface area contributed by atoms with Gasteiger partial charge in [-0.2, -0.15) is 0 Å². The zero-order chi connectivity index (χ0) is 15.4. The van der Waals surface area contributed by atoms with Gasteiger partial charge >= 0.3 is 0 Å². The molecule has 0 aliphatic heterocycles. The van der Waals surface area contributed by atoms with Crippen molar-refractivity contribution in [1.29, 1.82) is 0 Å². The summed E-state index contributed by atoms with van der Waals surface area (Å²) >= 11 is 0. The molecule has 0 unspecified atom stereocenters. The van der Waals surface area contributed by atoms with Gasteiger partial charge in [-0.25, -0.2) is 0 Å². The SMILES string of the molecule is CC(C)N(Cc1ccccc1)C(=O)c1c[nH]c(=O)cc1O. The highest BCUT2D eigenvalue weighted by atomic mass is 16.3. The Hall–Kier alpha value is -2.56. The summed E-state index contributed by atoms with van der Waals surface area (Å²) in [7, 11) is 0. The number of benzene rings is 1. The summed E-state index contributed by atoms with van der Waals surface area (Å²) in [5.41, 5.74) is 0.658. The molecule has 1 amide bonds. The van der Waals surface area contributed by atoms with Gasteiger partial charge < -0.3 is 15.0 Å². The lowest BCUT2D eigenvalue weighted by Gasteiger charge is -2.27. The molecule has 0 atom stereocenters. The van der Waals surface area contributed by atoms with E-state index in [1.54, 1.807) is 4.90 Å². The minimum atomic E-state index is -0.441. The first kappa shape index (κ1) is 14.8. The van der Waals surface area contributed by atoms with Crippen molar-refractivity contribution in [3.8, 4) is 5.75 Å². The van der Waals surface area contributed by atoms with Crippen molar-refractivity contribution < 1.29 is 9.90 Å². The Bertz CT molecular complexity index is 677. The first-order valence-corrected chi connectivity index (χ1v) is 6.75.